The summed E-state index contributed by atoms with van der Waals surface area (Å²) in [6, 6.07) is 8.43. The zero-order valence-corrected chi connectivity index (χ0v) is 12.4. The summed E-state index contributed by atoms with van der Waals surface area (Å²) >= 11 is 0. The van der Waals surface area contributed by atoms with Gasteiger partial charge in [-0.3, -0.25) is 4.79 Å². The van der Waals surface area contributed by atoms with Gasteiger partial charge < -0.3 is 26.6 Å². The molecule has 1 aromatic carbocycles. The first-order chi connectivity index (χ1) is 10.5. The van der Waals surface area contributed by atoms with Crippen molar-refractivity contribution in [2.24, 2.45) is 5.73 Å². The Labute approximate surface area is 129 Å². The van der Waals surface area contributed by atoms with E-state index in [1.54, 1.807) is 30.3 Å². The summed E-state index contributed by atoms with van der Waals surface area (Å²) in [4.78, 5) is 12.4. The lowest BCUT2D eigenvalue weighted by molar-refractivity contribution is -0.118. The van der Waals surface area contributed by atoms with E-state index in [4.69, 9.17) is 15.9 Å². The molecule has 0 saturated carbocycles. The third-order valence-electron chi connectivity index (χ3n) is 3.37. The first-order valence-electron chi connectivity index (χ1n) is 6.99. The number of hydrogen-bond donors (Lipinski definition) is 3. The number of amides is 1. The van der Waals surface area contributed by atoms with Gasteiger partial charge in [0.15, 0.2) is 0 Å². The summed E-state index contributed by atoms with van der Waals surface area (Å²) in [6.45, 7) is 1.91. The molecule has 0 aliphatic carbocycles. The molecule has 0 radical (unpaired) electrons. The van der Waals surface area contributed by atoms with Gasteiger partial charge in [0, 0.05) is 11.4 Å². The Balaban J connectivity index is 2.20. The smallest absolute Gasteiger partial charge is 0.235 e. The Morgan fingerprint density at radius 2 is 2.18 bits per heavy atom. The van der Waals surface area contributed by atoms with Crippen molar-refractivity contribution in [3.63, 3.8) is 0 Å². The minimum absolute atomic E-state index is 0.0955. The molecule has 1 aromatic heterocycles. The number of nitrogens with zero attached hydrogens (tertiary/aromatic N) is 1. The highest BCUT2D eigenvalue weighted by atomic mass is 16.3. The monoisotopic (exact) mass is 299 g/mol. The number of furan rings is 1. The zero-order chi connectivity index (χ0) is 16.1. The van der Waals surface area contributed by atoms with Crippen LogP contribution in [0.3, 0.4) is 0 Å². The molecular weight excluding hydrogens is 280 g/mol. The number of anilines is 2. The highest BCUT2D eigenvalue weighted by Gasteiger charge is 2.22. The number of nitrogens with two attached hydrogens (primary N) is 2. The van der Waals surface area contributed by atoms with Gasteiger partial charge in [-0.1, -0.05) is 6.92 Å². The molecule has 0 spiro atoms. The lowest BCUT2D eigenvalue weighted by Gasteiger charge is -2.16. The number of nitrogens with one attached hydrogen (secondary N) is 1. The predicted molar refractivity (Wildman–Crippen MR) is 87.7 cm³/mol. The van der Waals surface area contributed by atoms with Crippen LogP contribution in [-0.4, -0.2) is 18.2 Å². The fourth-order valence-corrected chi connectivity index (χ4v) is 2.24. The molecule has 0 saturated heterocycles. The molecular formula is C16H19N4O2-. The Morgan fingerprint density at radius 1 is 1.41 bits per heavy atom. The lowest BCUT2D eigenvalue weighted by Crippen LogP contribution is -2.23. The molecule has 116 valence electrons. The van der Waals surface area contributed by atoms with Crippen LogP contribution in [0.2, 0.25) is 0 Å². The van der Waals surface area contributed by atoms with E-state index in [9.17, 15) is 10.2 Å². The van der Waals surface area contributed by atoms with Crippen molar-refractivity contribution in [1.82, 2.24) is 0 Å². The average molecular weight is 299 g/mol. The molecule has 6 nitrogen and oxygen atoms in total. The van der Waals surface area contributed by atoms with Gasteiger partial charge in [0.05, 0.1) is 12.2 Å². The molecule has 22 heavy (non-hydrogen) atoms. The standard InChI is InChI=1S/C16H19N4O2/c1-10(18)13-9-11(4-5-14(13)19)20-16(21)12(6-7-17)15-3-2-8-22-15/h2-5,8-9,12H,6-7,17,19H2,1H3,(H,20,21)/q-1. The largest absolute Gasteiger partial charge is 0.807 e. The molecule has 1 amide bonds. The Hall–Kier alpha value is -2.60. The van der Waals surface area contributed by atoms with Gasteiger partial charge in [0.25, 0.3) is 0 Å². The third-order valence-corrected chi connectivity index (χ3v) is 3.37. The topological polar surface area (TPSA) is 117 Å². The van der Waals surface area contributed by atoms with Crippen LogP contribution in [0.25, 0.3) is 5.41 Å². The molecule has 2 aromatic rings. The summed E-state index contributed by atoms with van der Waals surface area (Å²) in [5.74, 6) is -0.101. The minimum Gasteiger partial charge on any atom is -0.807 e. The third kappa shape index (κ3) is 3.53. The molecule has 0 aliphatic rings. The van der Waals surface area contributed by atoms with Gasteiger partial charge in [-0.25, -0.2) is 0 Å². The molecule has 1 atom stereocenters. The normalized spacial score (nSPS) is 11.9. The second-order valence-corrected chi connectivity index (χ2v) is 5.02. The van der Waals surface area contributed by atoms with Crippen molar-refractivity contribution in [3.05, 3.63) is 53.3 Å². The molecule has 6 heteroatoms. The number of carbonyl (C=O) groups is 1. The van der Waals surface area contributed by atoms with Crippen molar-refractivity contribution in [1.29, 1.82) is 0 Å². The Morgan fingerprint density at radius 3 is 2.77 bits per heavy atom. The fraction of sp³-hybridized carbons (Fsp3) is 0.250. The molecule has 5 N–H and O–H groups in total. The number of rotatable bonds is 6. The maximum atomic E-state index is 12.4. The maximum absolute atomic E-state index is 12.4. The zero-order valence-electron chi connectivity index (χ0n) is 12.4. The highest BCUT2D eigenvalue weighted by Crippen LogP contribution is 2.24. The van der Waals surface area contributed by atoms with Crippen LogP contribution in [0.4, 0.5) is 11.4 Å². The van der Waals surface area contributed by atoms with Gasteiger partial charge >= 0.3 is 0 Å². The minimum atomic E-state index is -0.458. The number of carbonyl (C=O) groups excluding carboxylic acids is 1. The van der Waals surface area contributed by atoms with Gasteiger partial charge in [-0.15, -0.1) is 0 Å². The average Bonchev–Trinajstić information content (AvgIpc) is 3.00. The quantitative estimate of drug-likeness (QED) is 0.560. The van der Waals surface area contributed by atoms with Crippen molar-refractivity contribution < 1.29 is 9.21 Å². The van der Waals surface area contributed by atoms with E-state index >= 15 is 0 Å². The summed E-state index contributed by atoms with van der Waals surface area (Å²) < 4.78 is 5.31. The molecule has 2 rings (SSSR count). The highest BCUT2D eigenvalue weighted by molar-refractivity contribution is 6.06. The van der Waals surface area contributed by atoms with Crippen LogP contribution in [0.5, 0.6) is 0 Å². The van der Waals surface area contributed by atoms with E-state index in [1.165, 1.54) is 13.2 Å². The van der Waals surface area contributed by atoms with Crippen molar-refractivity contribution >= 4 is 23.0 Å². The Kier molecular flexibility index (Phi) is 4.95. The van der Waals surface area contributed by atoms with Crippen LogP contribution in [-0.2, 0) is 4.79 Å². The van der Waals surface area contributed by atoms with Gasteiger partial charge in [0.1, 0.15) is 5.76 Å². The Bertz CT molecular complexity index is 665. The summed E-state index contributed by atoms with van der Waals surface area (Å²) in [7, 11) is 0. The molecule has 1 heterocycles. The van der Waals surface area contributed by atoms with Crippen LogP contribution >= 0.6 is 0 Å². The first kappa shape index (κ1) is 15.8. The van der Waals surface area contributed by atoms with E-state index in [-0.39, 0.29) is 11.6 Å². The number of benzene rings is 1. The maximum Gasteiger partial charge on any atom is 0.235 e. The van der Waals surface area contributed by atoms with Crippen molar-refractivity contribution in [2.45, 2.75) is 19.3 Å². The van der Waals surface area contributed by atoms with E-state index in [1.807, 2.05) is 0 Å². The second-order valence-electron chi connectivity index (χ2n) is 5.02. The molecule has 1 unspecified atom stereocenters. The van der Waals surface area contributed by atoms with Crippen molar-refractivity contribution in [2.75, 3.05) is 17.6 Å². The van der Waals surface area contributed by atoms with E-state index in [0.29, 0.717) is 35.7 Å². The van der Waals surface area contributed by atoms with Crippen LogP contribution < -0.4 is 16.8 Å². The summed E-state index contributed by atoms with van der Waals surface area (Å²) in [5.41, 5.74) is 12.9. The predicted octanol–water partition coefficient (Wildman–Crippen LogP) is 2.31. The van der Waals surface area contributed by atoms with Gasteiger partial charge in [-0.05, 0) is 48.9 Å². The van der Waals surface area contributed by atoms with E-state index in [0.717, 1.165) is 0 Å². The molecule has 0 fully saturated rings. The summed E-state index contributed by atoms with van der Waals surface area (Å²) in [5, 5.41) is 12.4. The second kappa shape index (κ2) is 6.91. The van der Waals surface area contributed by atoms with Crippen LogP contribution in [0.1, 0.15) is 30.6 Å². The lowest BCUT2D eigenvalue weighted by atomic mass is 10.0. The summed E-state index contributed by atoms with van der Waals surface area (Å²) in [6.07, 6.45) is 2.00. The van der Waals surface area contributed by atoms with E-state index < -0.39 is 5.92 Å². The number of nitrogen functional groups attached to an aromatic ring is 1. The van der Waals surface area contributed by atoms with E-state index in [2.05, 4.69) is 5.32 Å². The molecule has 0 aliphatic heterocycles. The fourth-order valence-electron chi connectivity index (χ4n) is 2.24. The van der Waals surface area contributed by atoms with Crippen LogP contribution in [0.15, 0.2) is 41.0 Å². The van der Waals surface area contributed by atoms with Crippen molar-refractivity contribution in [3.8, 4) is 0 Å². The number of hydrogen-bond acceptors (Lipinski definition) is 4. The SMILES string of the molecule is CC(=[N-])c1cc(NC(=O)C(CCN)c2ccco2)ccc1N. The first-order valence-corrected chi connectivity index (χ1v) is 6.99. The van der Waals surface area contributed by atoms with Crippen LogP contribution in [0, 0.1) is 0 Å². The van der Waals surface area contributed by atoms with Gasteiger partial charge in [0.2, 0.25) is 5.91 Å². The molecule has 0 bridgehead atoms. The van der Waals surface area contributed by atoms with Gasteiger partial charge in [-0.2, -0.15) is 5.71 Å².